The Bertz CT molecular complexity index is 478. The molecule has 0 spiro atoms. The average Bonchev–Trinajstić information content (AvgIpc) is 2.41. The van der Waals surface area contributed by atoms with Gasteiger partial charge in [-0.1, -0.05) is 19.8 Å². The molecular formula is C14H20FN3O. The molecule has 5 heteroatoms. The first kappa shape index (κ1) is 13.8. The van der Waals surface area contributed by atoms with E-state index in [0.29, 0.717) is 5.92 Å². The van der Waals surface area contributed by atoms with E-state index >= 15 is 0 Å². The Hall–Kier alpha value is -1.65. The van der Waals surface area contributed by atoms with Crippen LogP contribution in [0.2, 0.25) is 0 Å². The Morgan fingerprint density at radius 2 is 2.16 bits per heavy atom. The molecule has 1 saturated carbocycles. The number of hydrogen-bond acceptors (Lipinski definition) is 3. The minimum absolute atomic E-state index is 0.00720. The maximum absolute atomic E-state index is 13.8. The number of hydrogen-bond donors (Lipinski definition) is 1. The molecular weight excluding hydrogens is 245 g/mol. The number of nitrogens with zero attached hydrogens (tertiary/aromatic N) is 2. The van der Waals surface area contributed by atoms with Gasteiger partial charge in [0.15, 0.2) is 11.6 Å². The number of amides is 1. The van der Waals surface area contributed by atoms with E-state index in [1.807, 2.05) is 0 Å². The van der Waals surface area contributed by atoms with Crippen LogP contribution < -0.4 is 5.73 Å². The summed E-state index contributed by atoms with van der Waals surface area (Å²) >= 11 is 0. The number of nitrogen functional groups attached to an aromatic ring is 1. The van der Waals surface area contributed by atoms with Crippen LogP contribution in [0.15, 0.2) is 12.3 Å². The van der Waals surface area contributed by atoms with E-state index in [1.165, 1.54) is 18.7 Å². The maximum Gasteiger partial charge on any atom is 0.257 e. The zero-order valence-electron chi connectivity index (χ0n) is 11.4. The van der Waals surface area contributed by atoms with E-state index in [-0.39, 0.29) is 23.3 Å². The molecule has 1 aliphatic carbocycles. The number of nitrogens with two attached hydrogens (primary N) is 1. The van der Waals surface area contributed by atoms with Crippen molar-refractivity contribution in [3.8, 4) is 0 Å². The summed E-state index contributed by atoms with van der Waals surface area (Å²) in [5.74, 6) is -0.811. The summed E-state index contributed by atoms with van der Waals surface area (Å²) in [7, 11) is 1.74. The van der Waals surface area contributed by atoms with Crippen molar-refractivity contribution < 1.29 is 9.18 Å². The smallest absolute Gasteiger partial charge is 0.257 e. The monoisotopic (exact) mass is 265 g/mol. The first-order chi connectivity index (χ1) is 9.02. The van der Waals surface area contributed by atoms with E-state index < -0.39 is 5.82 Å². The molecule has 0 aromatic carbocycles. The zero-order valence-corrected chi connectivity index (χ0v) is 11.4. The predicted molar refractivity (Wildman–Crippen MR) is 72.1 cm³/mol. The van der Waals surface area contributed by atoms with Crippen LogP contribution in [0.1, 0.15) is 43.0 Å². The van der Waals surface area contributed by atoms with Crippen LogP contribution in [0.5, 0.6) is 0 Å². The van der Waals surface area contributed by atoms with E-state index in [1.54, 1.807) is 11.9 Å². The molecule has 2 unspecified atom stereocenters. The molecule has 0 bridgehead atoms. The molecule has 1 heterocycles. The van der Waals surface area contributed by atoms with Crippen molar-refractivity contribution in [1.29, 1.82) is 0 Å². The summed E-state index contributed by atoms with van der Waals surface area (Å²) < 4.78 is 13.8. The Labute approximate surface area is 112 Å². The molecule has 0 saturated heterocycles. The van der Waals surface area contributed by atoms with Crippen LogP contribution in [0, 0.1) is 11.7 Å². The van der Waals surface area contributed by atoms with Gasteiger partial charge in [0.1, 0.15) is 0 Å². The van der Waals surface area contributed by atoms with Crippen molar-refractivity contribution in [3.05, 3.63) is 23.6 Å². The van der Waals surface area contributed by atoms with E-state index in [9.17, 15) is 9.18 Å². The topological polar surface area (TPSA) is 59.2 Å². The van der Waals surface area contributed by atoms with Crippen LogP contribution in [-0.2, 0) is 0 Å². The lowest BCUT2D eigenvalue weighted by Gasteiger charge is -2.36. The summed E-state index contributed by atoms with van der Waals surface area (Å²) in [6.07, 6.45) is 5.78. The first-order valence-corrected chi connectivity index (χ1v) is 6.69. The normalized spacial score (nSPS) is 23.1. The third-order valence-electron chi connectivity index (χ3n) is 4.03. The third kappa shape index (κ3) is 2.69. The van der Waals surface area contributed by atoms with Crippen molar-refractivity contribution in [2.45, 2.75) is 38.6 Å². The van der Waals surface area contributed by atoms with Crippen molar-refractivity contribution in [2.75, 3.05) is 12.8 Å². The van der Waals surface area contributed by atoms with Gasteiger partial charge in [-0.15, -0.1) is 0 Å². The Kier molecular flexibility index (Phi) is 4.02. The van der Waals surface area contributed by atoms with Crippen LogP contribution in [0.25, 0.3) is 0 Å². The van der Waals surface area contributed by atoms with Crippen LogP contribution in [0.4, 0.5) is 10.2 Å². The molecule has 1 aromatic rings. The summed E-state index contributed by atoms with van der Waals surface area (Å²) in [6, 6.07) is 1.56. The molecule has 4 nitrogen and oxygen atoms in total. The fourth-order valence-corrected chi connectivity index (χ4v) is 2.84. The molecule has 1 amide bonds. The van der Waals surface area contributed by atoms with Crippen LogP contribution in [-0.4, -0.2) is 28.9 Å². The lowest BCUT2D eigenvalue weighted by molar-refractivity contribution is 0.0624. The minimum Gasteiger partial charge on any atom is -0.381 e. The van der Waals surface area contributed by atoms with Gasteiger partial charge in [-0.2, -0.15) is 0 Å². The molecule has 0 aliphatic heterocycles. The quantitative estimate of drug-likeness (QED) is 0.893. The van der Waals surface area contributed by atoms with Gasteiger partial charge in [-0.05, 0) is 24.8 Å². The first-order valence-electron chi connectivity index (χ1n) is 6.69. The maximum atomic E-state index is 13.8. The molecule has 104 valence electrons. The van der Waals surface area contributed by atoms with E-state index in [0.717, 1.165) is 19.3 Å². The van der Waals surface area contributed by atoms with Crippen molar-refractivity contribution in [2.24, 2.45) is 5.92 Å². The molecule has 2 N–H and O–H groups in total. The molecule has 2 rings (SSSR count). The van der Waals surface area contributed by atoms with Crippen molar-refractivity contribution >= 4 is 11.7 Å². The highest BCUT2D eigenvalue weighted by molar-refractivity contribution is 5.95. The highest BCUT2D eigenvalue weighted by Gasteiger charge is 2.29. The highest BCUT2D eigenvalue weighted by Crippen LogP contribution is 2.28. The van der Waals surface area contributed by atoms with E-state index in [4.69, 9.17) is 5.73 Å². The summed E-state index contributed by atoms with van der Waals surface area (Å²) in [5, 5.41) is 0. The number of pyridine rings is 1. The fourth-order valence-electron chi connectivity index (χ4n) is 2.84. The number of rotatable bonds is 2. The standard InChI is InChI=1S/C14H20FN3O/c1-9-5-3-4-6-11(9)18(2)14(19)10-7-8-17-13(16)12(10)15/h7-9,11H,3-6H2,1-2H3,(H2,16,17). The van der Waals surface area contributed by atoms with Crippen LogP contribution >= 0.6 is 0 Å². The number of aromatic nitrogens is 1. The lowest BCUT2D eigenvalue weighted by Crippen LogP contribution is -2.43. The number of carbonyl (C=O) groups excluding carboxylic acids is 1. The summed E-state index contributed by atoms with van der Waals surface area (Å²) in [6.45, 7) is 2.14. The Morgan fingerprint density at radius 3 is 2.84 bits per heavy atom. The van der Waals surface area contributed by atoms with Gasteiger partial charge in [0.2, 0.25) is 0 Å². The molecule has 1 aromatic heterocycles. The van der Waals surface area contributed by atoms with Crippen molar-refractivity contribution in [3.63, 3.8) is 0 Å². The second-order valence-electron chi connectivity index (χ2n) is 5.30. The van der Waals surface area contributed by atoms with Gasteiger partial charge in [0.25, 0.3) is 5.91 Å². The van der Waals surface area contributed by atoms with Gasteiger partial charge >= 0.3 is 0 Å². The average molecular weight is 265 g/mol. The van der Waals surface area contributed by atoms with Gasteiger partial charge in [0, 0.05) is 19.3 Å². The molecule has 0 radical (unpaired) electrons. The number of carbonyl (C=O) groups is 1. The Balaban J connectivity index is 2.21. The number of anilines is 1. The number of halogens is 1. The minimum atomic E-state index is -0.720. The van der Waals surface area contributed by atoms with Crippen LogP contribution in [0.3, 0.4) is 0 Å². The second-order valence-corrected chi connectivity index (χ2v) is 5.30. The summed E-state index contributed by atoms with van der Waals surface area (Å²) in [4.78, 5) is 17.7. The van der Waals surface area contributed by atoms with Crippen molar-refractivity contribution in [1.82, 2.24) is 9.88 Å². The molecule has 19 heavy (non-hydrogen) atoms. The van der Waals surface area contributed by atoms with Gasteiger partial charge in [-0.25, -0.2) is 9.37 Å². The molecule has 1 fully saturated rings. The fraction of sp³-hybridized carbons (Fsp3) is 0.571. The van der Waals surface area contributed by atoms with Gasteiger partial charge < -0.3 is 10.6 Å². The predicted octanol–water partition coefficient (Wildman–Crippen LogP) is 2.45. The molecule has 2 atom stereocenters. The third-order valence-corrected chi connectivity index (χ3v) is 4.03. The molecule has 1 aliphatic rings. The van der Waals surface area contributed by atoms with Gasteiger partial charge in [-0.3, -0.25) is 4.79 Å². The SMILES string of the molecule is CC1CCCCC1N(C)C(=O)c1ccnc(N)c1F. The van der Waals surface area contributed by atoms with E-state index in [2.05, 4.69) is 11.9 Å². The largest absolute Gasteiger partial charge is 0.381 e. The zero-order chi connectivity index (χ0) is 14.0. The highest BCUT2D eigenvalue weighted by atomic mass is 19.1. The van der Waals surface area contributed by atoms with Gasteiger partial charge in [0.05, 0.1) is 5.56 Å². The second kappa shape index (κ2) is 5.55. The Morgan fingerprint density at radius 1 is 1.47 bits per heavy atom. The summed E-state index contributed by atoms with van der Waals surface area (Å²) in [5.41, 5.74) is 5.41. The lowest BCUT2D eigenvalue weighted by atomic mass is 9.85.